The first-order chi connectivity index (χ1) is 56.4. The van der Waals surface area contributed by atoms with Gasteiger partial charge in [0.15, 0.2) is 34.9 Å². The van der Waals surface area contributed by atoms with E-state index in [1.54, 1.807) is 0 Å². The first kappa shape index (κ1) is 66.7. The number of nitriles is 1. The third kappa shape index (κ3) is 11.9. The van der Waals surface area contributed by atoms with Crippen molar-refractivity contribution in [3.63, 3.8) is 0 Å². The van der Waals surface area contributed by atoms with Crippen LogP contribution in [0.4, 0.5) is 34.1 Å². The van der Waals surface area contributed by atoms with E-state index < -0.39 is 0 Å². The average molecular weight is 1450 g/mol. The molecule has 0 spiro atoms. The van der Waals surface area contributed by atoms with E-state index in [1.165, 1.54) is 16.4 Å². The number of hydrogen-bond acceptors (Lipinski definition) is 9. The number of hydrogen-bond donors (Lipinski definition) is 0. The van der Waals surface area contributed by atoms with Crippen LogP contribution in [0, 0.1) is 11.3 Å². The van der Waals surface area contributed by atoms with Gasteiger partial charge in [-0.3, -0.25) is 0 Å². The number of rotatable bonds is 14. The van der Waals surface area contributed by atoms with Gasteiger partial charge in [0, 0.05) is 78.3 Å². The third-order valence-electron chi connectivity index (χ3n) is 22.1. The van der Waals surface area contributed by atoms with E-state index >= 15 is 0 Å². The predicted molar refractivity (Wildman–Crippen MR) is 466 cm³/mol. The zero-order valence-corrected chi connectivity index (χ0v) is 61.6. The van der Waals surface area contributed by atoms with E-state index in [0.29, 0.717) is 46.1 Å². The van der Waals surface area contributed by atoms with Gasteiger partial charge in [-0.15, -0.1) is 0 Å². The first-order valence-corrected chi connectivity index (χ1v) is 38.3. The Morgan fingerprint density at radius 3 is 0.974 bits per heavy atom. The number of fused-ring (bicyclic) bond motifs is 7. The summed E-state index contributed by atoms with van der Waals surface area (Å²) in [5, 5.41) is 12.9. The summed E-state index contributed by atoms with van der Waals surface area (Å²) in [6.07, 6.45) is 0. The molecule has 5 heterocycles. The molecular weight excluding hydrogens is 1390 g/mol. The molecule has 2 aliphatic rings. The maximum atomic E-state index is 10.9. The number of anilines is 6. The van der Waals surface area contributed by atoms with Crippen molar-refractivity contribution in [2.24, 2.45) is 0 Å². The van der Waals surface area contributed by atoms with Crippen LogP contribution in [-0.4, -0.2) is 41.2 Å². The Bertz CT molecular complexity index is 6630. The molecular formula is C103H65BN10. The zero-order valence-electron chi connectivity index (χ0n) is 61.6. The van der Waals surface area contributed by atoms with Gasteiger partial charge < -0.3 is 14.4 Å². The SMILES string of the molecule is N#Cc1ccc(-n2c3ccc(-c4cc5c6c(c4)N(c4ccc(-c7ccccc7)cc4)c4ccc(-c7ccccc7)cc4B6c4cc(-c6ccccc6)ccc4N5c4ccc(-c5ccccc5)cc4)cc3c3ccc(-c4nc(-c5ccccc5)nc(-c5ccccc5)n4)cc32)c(-c2nc(-c3ccccc3)nc(-c3ccccc3)n2)c1. The van der Waals surface area contributed by atoms with Crippen molar-refractivity contribution < 1.29 is 0 Å². The van der Waals surface area contributed by atoms with Gasteiger partial charge in [-0.25, -0.2) is 29.9 Å². The Morgan fingerprint density at radius 2 is 0.561 bits per heavy atom. The van der Waals surface area contributed by atoms with E-state index in [-0.39, 0.29) is 6.71 Å². The number of aromatic nitrogens is 7. The predicted octanol–water partition coefficient (Wildman–Crippen LogP) is 23.4. The highest BCUT2D eigenvalue weighted by molar-refractivity contribution is 7.00. The fourth-order valence-corrected chi connectivity index (χ4v) is 16.7. The van der Waals surface area contributed by atoms with Crippen LogP contribution in [0.5, 0.6) is 0 Å². The molecule has 530 valence electrons. The molecule has 3 aromatic heterocycles. The lowest BCUT2D eigenvalue weighted by atomic mass is 9.33. The highest BCUT2D eigenvalue weighted by Crippen LogP contribution is 2.49. The second kappa shape index (κ2) is 28.2. The van der Waals surface area contributed by atoms with Crippen LogP contribution in [0.15, 0.2) is 394 Å². The van der Waals surface area contributed by atoms with Crippen molar-refractivity contribution in [1.29, 1.82) is 5.26 Å². The molecule has 0 fully saturated rings. The van der Waals surface area contributed by atoms with Crippen molar-refractivity contribution >= 4 is 79.0 Å². The minimum atomic E-state index is -0.217. The topological polar surface area (TPSA) is 113 Å². The lowest BCUT2D eigenvalue weighted by Crippen LogP contribution is -2.61. The summed E-state index contributed by atoms with van der Waals surface area (Å²) in [5.41, 5.74) is 29.0. The maximum Gasteiger partial charge on any atom is 0.252 e. The Hall–Kier alpha value is -15.5. The molecule has 11 heteroatoms. The Balaban J connectivity index is 0.830. The van der Waals surface area contributed by atoms with E-state index in [9.17, 15) is 5.26 Å². The molecule has 114 heavy (non-hydrogen) atoms. The molecule has 0 saturated heterocycles. The van der Waals surface area contributed by atoms with Gasteiger partial charge in [0.2, 0.25) is 0 Å². The molecule has 0 amide bonds. The molecule has 0 bridgehead atoms. The summed E-state index contributed by atoms with van der Waals surface area (Å²) in [6.45, 7) is -0.217. The maximum absolute atomic E-state index is 10.9. The molecule has 2 aliphatic heterocycles. The highest BCUT2D eigenvalue weighted by atomic mass is 15.2. The Kier molecular flexibility index (Phi) is 16.5. The normalized spacial score (nSPS) is 12.0. The van der Waals surface area contributed by atoms with Crippen molar-refractivity contribution in [3.8, 4) is 136 Å². The van der Waals surface area contributed by atoms with Gasteiger partial charge in [0.25, 0.3) is 6.71 Å². The number of benzene rings is 16. The molecule has 0 saturated carbocycles. The van der Waals surface area contributed by atoms with Crippen LogP contribution in [0.1, 0.15) is 5.56 Å². The molecule has 0 atom stereocenters. The van der Waals surface area contributed by atoms with Crippen molar-refractivity contribution in [2.45, 2.75) is 0 Å². The van der Waals surface area contributed by atoms with E-state index in [4.69, 9.17) is 29.9 Å². The fraction of sp³-hybridized carbons (Fsp3) is 0. The minimum Gasteiger partial charge on any atom is -0.311 e. The molecule has 10 nitrogen and oxygen atoms in total. The fourth-order valence-electron chi connectivity index (χ4n) is 16.7. The highest BCUT2D eigenvalue weighted by Gasteiger charge is 2.44. The summed E-state index contributed by atoms with van der Waals surface area (Å²) >= 11 is 0. The summed E-state index contributed by atoms with van der Waals surface area (Å²) in [5.74, 6) is 3.03. The largest absolute Gasteiger partial charge is 0.311 e. The van der Waals surface area contributed by atoms with Crippen molar-refractivity contribution in [2.75, 3.05) is 9.80 Å². The molecule has 0 N–H and O–H groups in total. The quantitative estimate of drug-likeness (QED) is 0.0982. The van der Waals surface area contributed by atoms with Gasteiger partial charge in [0.05, 0.1) is 28.4 Å². The lowest BCUT2D eigenvalue weighted by Gasteiger charge is -2.44. The van der Waals surface area contributed by atoms with Crippen molar-refractivity contribution in [3.05, 3.63) is 400 Å². The van der Waals surface area contributed by atoms with Gasteiger partial charge in [0.1, 0.15) is 0 Å². The Labute approximate surface area is 660 Å². The zero-order chi connectivity index (χ0) is 75.6. The lowest BCUT2D eigenvalue weighted by molar-refractivity contribution is 1.06. The van der Waals surface area contributed by atoms with Crippen LogP contribution >= 0.6 is 0 Å². The Morgan fingerprint density at radius 1 is 0.228 bits per heavy atom. The number of nitrogens with zero attached hydrogens (tertiary/aromatic N) is 10. The van der Waals surface area contributed by atoms with Crippen LogP contribution in [0.25, 0.3) is 151 Å². The van der Waals surface area contributed by atoms with Crippen molar-refractivity contribution in [1.82, 2.24) is 34.5 Å². The molecule has 19 aromatic rings. The van der Waals surface area contributed by atoms with Gasteiger partial charge in [-0.1, -0.05) is 309 Å². The van der Waals surface area contributed by atoms with E-state index in [2.05, 4.69) is 275 Å². The second-order valence-electron chi connectivity index (χ2n) is 28.9. The molecule has 0 aliphatic carbocycles. The summed E-state index contributed by atoms with van der Waals surface area (Å²) in [4.78, 5) is 36.5. The van der Waals surface area contributed by atoms with E-state index in [0.717, 1.165) is 145 Å². The third-order valence-corrected chi connectivity index (χ3v) is 22.1. The van der Waals surface area contributed by atoms with Gasteiger partial charge >= 0.3 is 0 Å². The van der Waals surface area contributed by atoms with Crippen LogP contribution < -0.4 is 26.2 Å². The standard InChI is InChI=1S/C103H65BN10/c105-66-67-41-55-91(87(59-67)103-110-100(76-37-21-7-22-38-76)107-101(111-103)77-39-23-8-24-40-77)114-90-56-47-78(60-86(90)85-54-46-81(63-94(85)114)102-108-98(74-33-17-5-18-34-74)106-99(109-102)75-35-19-6-20-36-75)82-64-95-97-96(65-82)113(84-52-44-73(45-53-84)69-27-11-2-12-28-69)93-58-49-80(71-31-15-4-16-32-71)62-89(93)104(97)88-61-79(70-29-13-3-14-30-70)48-57-92(88)112(95)83-50-42-72(43-51-83)68-25-9-1-10-26-68/h1-65H. The molecule has 16 aromatic carbocycles. The van der Waals surface area contributed by atoms with Crippen LogP contribution in [0.2, 0.25) is 0 Å². The summed E-state index contributed by atoms with van der Waals surface area (Å²) < 4.78 is 2.30. The van der Waals surface area contributed by atoms with Crippen LogP contribution in [-0.2, 0) is 0 Å². The second-order valence-corrected chi connectivity index (χ2v) is 28.9. The molecule has 21 rings (SSSR count). The summed E-state index contributed by atoms with van der Waals surface area (Å²) in [7, 11) is 0. The summed E-state index contributed by atoms with van der Waals surface area (Å²) in [6, 6.07) is 142. The van der Waals surface area contributed by atoms with Gasteiger partial charge in [-0.2, -0.15) is 5.26 Å². The monoisotopic (exact) mass is 1450 g/mol. The van der Waals surface area contributed by atoms with Gasteiger partial charge in [-0.05, 0) is 157 Å². The van der Waals surface area contributed by atoms with Crippen LogP contribution in [0.3, 0.4) is 0 Å². The smallest absolute Gasteiger partial charge is 0.252 e. The minimum absolute atomic E-state index is 0.217. The first-order valence-electron chi connectivity index (χ1n) is 38.3. The van der Waals surface area contributed by atoms with E-state index in [1.807, 2.05) is 140 Å². The molecule has 0 radical (unpaired) electrons. The molecule has 0 unspecified atom stereocenters. The average Bonchev–Trinajstić information content (AvgIpc) is 0.722.